The third-order valence-electron chi connectivity index (χ3n) is 5.02. The first-order valence-corrected chi connectivity index (χ1v) is 11.4. The molecule has 0 atom stereocenters. The number of hydrogen-bond acceptors (Lipinski definition) is 8. The molecule has 0 aliphatic rings. The number of rotatable bonds is 8. The van der Waals surface area contributed by atoms with Crippen LogP contribution in [0.3, 0.4) is 0 Å². The van der Waals surface area contributed by atoms with E-state index in [2.05, 4.69) is 20.6 Å². The summed E-state index contributed by atoms with van der Waals surface area (Å²) in [7, 11) is 1.60. The Morgan fingerprint density at radius 3 is 2.76 bits per heavy atom. The molecule has 4 aromatic rings. The van der Waals surface area contributed by atoms with E-state index in [4.69, 9.17) is 15.0 Å². The molecule has 2 aromatic carbocycles. The SMILES string of the molecule is COc1cccc(CNC(=O)Cn2nc(SC)c(-c3nc(-c4ccc(C)cc4)no3)c2N)c1. The van der Waals surface area contributed by atoms with Crippen LogP contribution in [-0.4, -0.2) is 39.2 Å². The largest absolute Gasteiger partial charge is 0.497 e. The zero-order valence-electron chi connectivity index (χ0n) is 18.5. The van der Waals surface area contributed by atoms with E-state index in [0.29, 0.717) is 23.0 Å². The Morgan fingerprint density at radius 1 is 1.24 bits per heavy atom. The predicted octanol–water partition coefficient (Wildman–Crippen LogP) is 3.54. The van der Waals surface area contributed by atoms with Crippen LogP contribution in [0.25, 0.3) is 22.8 Å². The molecule has 0 aliphatic carbocycles. The lowest BCUT2D eigenvalue weighted by atomic mass is 10.1. The number of amides is 1. The molecular formula is C23H24N6O3S. The molecule has 0 saturated carbocycles. The summed E-state index contributed by atoms with van der Waals surface area (Å²) in [6, 6.07) is 15.3. The number of benzene rings is 2. The Labute approximate surface area is 195 Å². The Bertz CT molecular complexity index is 1270. The number of hydrogen-bond donors (Lipinski definition) is 2. The van der Waals surface area contributed by atoms with Gasteiger partial charge in [0.1, 0.15) is 28.7 Å². The normalized spacial score (nSPS) is 10.9. The first-order chi connectivity index (χ1) is 16.0. The number of carbonyl (C=O) groups is 1. The van der Waals surface area contributed by atoms with Gasteiger partial charge in [-0.3, -0.25) is 4.79 Å². The van der Waals surface area contributed by atoms with Crippen molar-refractivity contribution in [2.45, 2.75) is 25.0 Å². The van der Waals surface area contributed by atoms with Gasteiger partial charge in [-0.2, -0.15) is 10.1 Å². The van der Waals surface area contributed by atoms with Gasteiger partial charge in [0.2, 0.25) is 11.7 Å². The lowest BCUT2D eigenvalue weighted by Gasteiger charge is -2.08. The standard InChI is InChI=1S/C23H24N6O3S/c1-14-7-9-16(10-8-14)21-26-22(32-28-21)19-20(24)29(27-23(19)33-3)13-18(30)25-12-15-5-4-6-17(11-15)31-2/h4-11H,12-13,24H2,1-3H3,(H,25,30). The zero-order chi connectivity index (χ0) is 23.4. The van der Waals surface area contributed by atoms with Crippen LogP contribution in [-0.2, 0) is 17.9 Å². The van der Waals surface area contributed by atoms with Crippen LogP contribution < -0.4 is 15.8 Å². The first kappa shape index (κ1) is 22.4. The van der Waals surface area contributed by atoms with Crippen LogP contribution in [0.4, 0.5) is 5.82 Å². The van der Waals surface area contributed by atoms with Crippen molar-refractivity contribution in [3.8, 4) is 28.6 Å². The quantitative estimate of drug-likeness (QED) is 0.380. The fourth-order valence-corrected chi connectivity index (χ4v) is 3.81. The van der Waals surface area contributed by atoms with Gasteiger partial charge in [0.15, 0.2) is 0 Å². The number of aromatic nitrogens is 4. The van der Waals surface area contributed by atoms with Gasteiger partial charge >= 0.3 is 0 Å². The minimum Gasteiger partial charge on any atom is -0.497 e. The van der Waals surface area contributed by atoms with Crippen LogP contribution >= 0.6 is 11.8 Å². The number of nitrogens with zero attached hydrogens (tertiary/aromatic N) is 4. The number of methoxy groups -OCH3 is 1. The molecule has 9 nitrogen and oxygen atoms in total. The zero-order valence-corrected chi connectivity index (χ0v) is 19.3. The van der Waals surface area contributed by atoms with E-state index in [9.17, 15) is 4.79 Å². The monoisotopic (exact) mass is 464 g/mol. The maximum Gasteiger partial charge on any atom is 0.264 e. The summed E-state index contributed by atoms with van der Waals surface area (Å²) in [6.07, 6.45) is 1.87. The van der Waals surface area contributed by atoms with Crippen molar-refractivity contribution in [3.63, 3.8) is 0 Å². The van der Waals surface area contributed by atoms with E-state index < -0.39 is 0 Å². The molecule has 0 saturated heterocycles. The molecule has 0 radical (unpaired) electrons. The van der Waals surface area contributed by atoms with Crippen molar-refractivity contribution in [3.05, 3.63) is 59.7 Å². The van der Waals surface area contributed by atoms with Gasteiger partial charge in [-0.05, 0) is 30.9 Å². The summed E-state index contributed by atoms with van der Waals surface area (Å²) < 4.78 is 12.1. The maximum atomic E-state index is 12.5. The highest BCUT2D eigenvalue weighted by molar-refractivity contribution is 7.98. The van der Waals surface area contributed by atoms with E-state index in [0.717, 1.165) is 22.4 Å². The van der Waals surface area contributed by atoms with Crippen molar-refractivity contribution in [2.24, 2.45) is 0 Å². The molecule has 170 valence electrons. The molecule has 1 amide bonds. The Kier molecular flexibility index (Phi) is 6.64. The summed E-state index contributed by atoms with van der Waals surface area (Å²) in [4.78, 5) is 17.0. The fraction of sp³-hybridized carbons (Fsp3) is 0.217. The molecule has 0 aliphatic heterocycles. The topological polar surface area (TPSA) is 121 Å². The Morgan fingerprint density at radius 2 is 2.03 bits per heavy atom. The molecule has 10 heteroatoms. The molecule has 0 unspecified atom stereocenters. The van der Waals surface area contributed by atoms with E-state index in [-0.39, 0.29) is 24.2 Å². The number of thioether (sulfide) groups is 1. The van der Waals surface area contributed by atoms with Gasteiger partial charge in [-0.25, -0.2) is 4.68 Å². The summed E-state index contributed by atoms with van der Waals surface area (Å²) in [5.41, 5.74) is 9.76. The molecular weight excluding hydrogens is 440 g/mol. The summed E-state index contributed by atoms with van der Waals surface area (Å²) in [6.45, 7) is 2.34. The number of anilines is 1. The van der Waals surface area contributed by atoms with Gasteiger partial charge in [-0.1, -0.05) is 47.1 Å². The second-order valence-corrected chi connectivity index (χ2v) is 8.14. The first-order valence-electron chi connectivity index (χ1n) is 10.2. The van der Waals surface area contributed by atoms with Gasteiger partial charge < -0.3 is 20.3 Å². The maximum absolute atomic E-state index is 12.5. The van der Waals surface area contributed by atoms with E-state index >= 15 is 0 Å². The predicted molar refractivity (Wildman–Crippen MR) is 127 cm³/mol. The van der Waals surface area contributed by atoms with Crippen LogP contribution in [0.5, 0.6) is 5.75 Å². The Hall–Kier alpha value is -3.79. The average Bonchev–Trinajstić information content (AvgIpc) is 3.43. The number of nitrogens with one attached hydrogen (secondary N) is 1. The summed E-state index contributed by atoms with van der Waals surface area (Å²) in [5, 5.41) is 12.0. The highest BCUT2D eigenvalue weighted by atomic mass is 32.2. The molecule has 2 aromatic heterocycles. The molecule has 3 N–H and O–H groups in total. The molecule has 0 bridgehead atoms. The van der Waals surface area contributed by atoms with Crippen molar-refractivity contribution in [1.82, 2.24) is 25.2 Å². The van der Waals surface area contributed by atoms with Crippen molar-refractivity contribution in [1.29, 1.82) is 0 Å². The number of nitrogen functional groups attached to an aromatic ring is 1. The van der Waals surface area contributed by atoms with Gasteiger partial charge in [0, 0.05) is 12.1 Å². The third-order valence-corrected chi connectivity index (χ3v) is 5.69. The second-order valence-electron chi connectivity index (χ2n) is 7.34. The van der Waals surface area contributed by atoms with E-state index in [1.807, 2.05) is 61.7 Å². The average molecular weight is 465 g/mol. The fourth-order valence-electron chi connectivity index (χ4n) is 3.24. The molecule has 0 fully saturated rings. The van der Waals surface area contributed by atoms with E-state index in [1.54, 1.807) is 7.11 Å². The number of carbonyl (C=O) groups excluding carboxylic acids is 1. The van der Waals surface area contributed by atoms with Crippen molar-refractivity contribution in [2.75, 3.05) is 19.1 Å². The highest BCUT2D eigenvalue weighted by Gasteiger charge is 2.23. The lowest BCUT2D eigenvalue weighted by Crippen LogP contribution is -2.28. The van der Waals surface area contributed by atoms with Crippen molar-refractivity contribution < 1.29 is 14.1 Å². The lowest BCUT2D eigenvalue weighted by molar-refractivity contribution is -0.122. The van der Waals surface area contributed by atoms with Gasteiger partial charge in [-0.15, -0.1) is 11.8 Å². The smallest absolute Gasteiger partial charge is 0.264 e. The Balaban J connectivity index is 1.50. The summed E-state index contributed by atoms with van der Waals surface area (Å²) >= 11 is 1.39. The minimum absolute atomic E-state index is 0.0394. The molecule has 2 heterocycles. The third kappa shape index (κ3) is 5.01. The number of aryl methyl sites for hydroxylation is 1. The number of ether oxygens (including phenoxy) is 1. The van der Waals surface area contributed by atoms with Gasteiger partial charge in [0.25, 0.3) is 5.89 Å². The minimum atomic E-state index is -0.225. The van der Waals surface area contributed by atoms with Crippen molar-refractivity contribution >= 4 is 23.5 Å². The van der Waals surface area contributed by atoms with Crippen LogP contribution in [0, 0.1) is 6.92 Å². The molecule has 0 spiro atoms. The van der Waals surface area contributed by atoms with E-state index in [1.165, 1.54) is 16.4 Å². The molecule has 4 rings (SSSR count). The van der Waals surface area contributed by atoms with Gasteiger partial charge in [0.05, 0.1) is 7.11 Å². The molecule has 33 heavy (non-hydrogen) atoms. The highest BCUT2D eigenvalue weighted by Crippen LogP contribution is 2.34. The second kappa shape index (κ2) is 9.78. The van der Waals surface area contributed by atoms with Crippen LogP contribution in [0.1, 0.15) is 11.1 Å². The number of nitrogens with two attached hydrogens (primary N) is 1. The van der Waals surface area contributed by atoms with Crippen LogP contribution in [0.2, 0.25) is 0 Å². The summed E-state index contributed by atoms with van der Waals surface area (Å²) in [5.74, 6) is 1.51. The van der Waals surface area contributed by atoms with Crippen LogP contribution in [0.15, 0.2) is 58.1 Å².